The molecule has 0 amide bonds. The van der Waals surface area contributed by atoms with Crippen molar-refractivity contribution in [2.24, 2.45) is 11.8 Å². The highest BCUT2D eigenvalue weighted by atomic mass is 15.5. The van der Waals surface area contributed by atoms with E-state index in [-0.39, 0.29) is 6.04 Å². The molecule has 1 aromatic heterocycles. The summed E-state index contributed by atoms with van der Waals surface area (Å²) in [4.78, 5) is 2.60. The number of likely N-dealkylation sites (tertiary alicyclic amines) is 1. The van der Waals surface area contributed by atoms with Crippen molar-refractivity contribution in [1.29, 1.82) is 0 Å². The lowest BCUT2D eigenvalue weighted by molar-refractivity contribution is 0.0954. The maximum atomic E-state index is 4.46. The number of tetrazole rings is 1. The van der Waals surface area contributed by atoms with Crippen LogP contribution in [0.4, 0.5) is 0 Å². The predicted octanol–water partition coefficient (Wildman–Crippen LogP) is 4.37. The fourth-order valence-corrected chi connectivity index (χ4v) is 4.56. The van der Waals surface area contributed by atoms with E-state index in [1.807, 2.05) is 10.7 Å². The van der Waals surface area contributed by atoms with Crippen LogP contribution in [0.2, 0.25) is 0 Å². The van der Waals surface area contributed by atoms with Gasteiger partial charge in [-0.1, -0.05) is 74.5 Å². The largest absolute Gasteiger partial charge is 0.293 e. The minimum Gasteiger partial charge on any atom is -0.293 e. The summed E-state index contributed by atoms with van der Waals surface area (Å²) in [6.45, 7) is 7.50. The second-order valence-electron chi connectivity index (χ2n) is 8.54. The summed E-state index contributed by atoms with van der Waals surface area (Å²) < 4.78 is 1.98. The first kappa shape index (κ1) is 19.8. The van der Waals surface area contributed by atoms with Gasteiger partial charge < -0.3 is 0 Å². The van der Waals surface area contributed by atoms with Crippen LogP contribution < -0.4 is 0 Å². The minimum absolute atomic E-state index is 0.256. The molecule has 152 valence electrons. The van der Waals surface area contributed by atoms with Crippen molar-refractivity contribution in [3.63, 3.8) is 0 Å². The Morgan fingerprint density at radius 1 is 0.897 bits per heavy atom. The van der Waals surface area contributed by atoms with Gasteiger partial charge in [-0.15, -0.1) is 5.10 Å². The zero-order valence-corrected chi connectivity index (χ0v) is 17.5. The summed E-state index contributed by atoms with van der Waals surface area (Å²) in [6.07, 6.45) is 3.66. The van der Waals surface area contributed by atoms with Gasteiger partial charge in [-0.05, 0) is 65.7 Å². The maximum absolute atomic E-state index is 4.46. The highest BCUT2D eigenvalue weighted by Crippen LogP contribution is 2.32. The van der Waals surface area contributed by atoms with Gasteiger partial charge in [-0.25, -0.2) is 4.68 Å². The number of hydrogen-bond acceptors (Lipinski definition) is 4. The molecule has 0 aliphatic carbocycles. The summed E-state index contributed by atoms with van der Waals surface area (Å²) in [5.74, 6) is 2.22. The van der Waals surface area contributed by atoms with Gasteiger partial charge in [0, 0.05) is 0 Å². The third kappa shape index (κ3) is 4.91. The van der Waals surface area contributed by atoms with E-state index in [0.717, 1.165) is 31.4 Å². The van der Waals surface area contributed by atoms with Gasteiger partial charge in [0.05, 0.1) is 12.6 Å². The number of nitrogens with zero attached hydrogens (tertiary/aromatic N) is 5. The van der Waals surface area contributed by atoms with Crippen molar-refractivity contribution in [2.45, 2.75) is 45.7 Å². The van der Waals surface area contributed by atoms with E-state index in [2.05, 4.69) is 88.9 Å². The first-order valence-corrected chi connectivity index (χ1v) is 10.8. The molecular formula is C24H31N5. The highest BCUT2D eigenvalue weighted by molar-refractivity contribution is 5.16. The zero-order valence-electron chi connectivity index (χ0n) is 17.5. The molecule has 1 fully saturated rings. The summed E-state index contributed by atoms with van der Waals surface area (Å²) in [5, 5.41) is 12.8. The van der Waals surface area contributed by atoms with Crippen molar-refractivity contribution < 1.29 is 0 Å². The lowest BCUT2D eigenvalue weighted by atomic mass is 9.88. The molecule has 0 bridgehead atoms. The molecule has 2 aromatic carbocycles. The zero-order chi connectivity index (χ0) is 20.1. The Balaban J connectivity index is 1.43. The Morgan fingerprint density at radius 3 is 2.14 bits per heavy atom. The number of piperidine rings is 1. The fourth-order valence-electron chi connectivity index (χ4n) is 4.56. The molecule has 3 aromatic rings. The van der Waals surface area contributed by atoms with Crippen molar-refractivity contribution in [1.82, 2.24) is 25.1 Å². The molecule has 5 nitrogen and oxygen atoms in total. The Bertz CT molecular complexity index is 867. The molecule has 0 saturated carbocycles. The van der Waals surface area contributed by atoms with Gasteiger partial charge in [0.25, 0.3) is 0 Å². The number of rotatable bonds is 7. The third-order valence-corrected chi connectivity index (χ3v) is 6.04. The Morgan fingerprint density at radius 2 is 1.52 bits per heavy atom. The van der Waals surface area contributed by atoms with Crippen LogP contribution in [0.5, 0.6) is 0 Å². The number of benzene rings is 2. The molecular weight excluding hydrogens is 358 g/mol. The SMILES string of the molecule is CC(C)C(c1nnnn1Cc1ccccc1)N1CCC(Cc2ccccc2)CC1. The van der Waals surface area contributed by atoms with Crippen LogP contribution in [-0.2, 0) is 13.0 Å². The summed E-state index contributed by atoms with van der Waals surface area (Å²) in [5.41, 5.74) is 2.68. The molecule has 0 N–H and O–H groups in total. The predicted molar refractivity (Wildman–Crippen MR) is 115 cm³/mol. The average molecular weight is 390 g/mol. The average Bonchev–Trinajstić information content (AvgIpc) is 3.18. The van der Waals surface area contributed by atoms with E-state index in [0.29, 0.717) is 5.92 Å². The van der Waals surface area contributed by atoms with Gasteiger partial charge in [0.1, 0.15) is 0 Å². The molecule has 0 radical (unpaired) electrons. The van der Waals surface area contributed by atoms with E-state index in [4.69, 9.17) is 0 Å². The molecule has 1 saturated heterocycles. The van der Waals surface area contributed by atoms with Crippen LogP contribution in [0.15, 0.2) is 60.7 Å². The normalized spacial score (nSPS) is 16.9. The Hall–Kier alpha value is -2.53. The number of aromatic nitrogens is 4. The molecule has 4 rings (SSSR count). The molecule has 2 heterocycles. The molecule has 1 unspecified atom stereocenters. The Labute approximate surface area is 173 Å². The van der Waals surface area contributed by atoms with Crippen LogP contribution in [0, 0.1) is 11.8 Å². The maximum Gasteiger partial charge on any atom is 0.169 e. The quantitative estimate of drug-likeness (QED) is 0.602. The van der Waals surface area contributed by atoms with E-state index in [9.17, 15) is 0 Å². The van der Waals surface area contributed by atoms with Gasteiger partial charge in [0.15, 0.2) is 5.82 Å². The molecule has 1 atom stereocenters. The van der Waals surface area contributed by atoms with E-state index in [1.54, 1.807) is 0 Å². The van der Waals surface area contributed by atoms with Gasteiger partial charge in [0.2, 0.25) is 0 Å². The highest BCUT2D eigenvalue weighted by Gasteiger charge is 2.32. The molecule has 0 spiro atoms. The molecule has 29 heavy (non-hydrogen) atoms. The topological polar surface area (TPSA) is 46.8 Å². The van der Waals surface area contributed by atoms with E-state index >= 15 is 0 Å². The standard InChI is InChI=1S/C24H31N5/c1-19(2)23(24-25-26-27-29(24)18-22-11-7-4-8-12-22)28-15-13-21(14-16-28)17-20-9-5-3-6-10-20/h3-12,19,21,23H,13-18H2,1-2H3. The monoisotopic (exact) mass is 389 g/mol. The van der Waals surface area contributed by atoms with Crippen molar-refractivity contribution >= 4 is 0 Å². The van der Waals surface area contributed by atoms with Crippen molar-refractivity contribution in [3.05, 3.63) is 77.6 Å². The van der Waals surface area contributed by atoms with Crippen LogP contribution in [0.3, 0.4) is 0 Å². The van der Waals surface area contributed by atoms with Crippen molar-refractivity contribution in [2.75, 3.05) is 13.1 Å². The second-order valence-corrected chi connectivity index (χ2v) is 8.54. The van der Waals surface area contributed by atoms with Crippen LogP contribution in [0.25, 0.3) is 0 Å². The summed E-state index contributed by atoms with van der Waals surface area (Å²) in [7, 11) is 0. The fraction of sp³-hybridized carbons (Fsp3) is 0.458. The third-order valence-electron chi connectivity index (χ3n) is 6.04. The lowest BCUT2D eigenvalue weighted by Gasteiger charge is -2.38. The van der Waals surface area contributed by atoms with Gasteiger partial charge >= 0.3 is 0 Å². The molecule has 5 heteroatoms. The number of hydrogen-bond donors (Lipinski definition) is 0. The smallest absolute Gasteiger partial charge is 0.169 e. The molecule has 1 aliphatic rings. The Kier molecular flexibility index (Phi) is 6.35. The van der Waals surface area contributed by atoms with Crippen LogP contribution >= 0.6 is 0 Å². The van der Waals surface area contributed by atoms with Gasteiger partial charge in [-0.2, -0.15) is 0 Å². The molecule has 1 aliphatic heterocycles. The first-order chi connectivity index (χ1) is 14.2. The summed E-state index contributed by atoms with van der Waals surface area (Å²) in [6, 6.07) is 21.6. The van der Waals surface area contributed by atoms with Crippen LogP contribution in [-0.4, -0.2) is 38.2 Å². The summed E-state index contributed by atoms with van der Waals surface area (Å²) >= 11 is 0. The lowest BCUT2D eigenvalue weighted by Crippen LogP contribution is -2.40. The van der Waals surface area contributed by atoms with E-state index in [1.165, 1.54) is 30.4 Å². The van der Waals surface area contributed by atoms with E-state index < -0.39 is 0 Å². The second kappa shape index (κ2) is 9.31. The minimum atomic E-state index is 0.256. The van der Waals surface area contributed by atoms with Crippen LogP contribution in [0.1, 0.15) is 49.7 Å². The first-order valence-electron chi connectivity index (χ1n) is 10.8. The van der Waals surface area contributed by atoms with Gasteiger partial charge in [-0.3, -0.25) is 4.90 Å². The van der Waals surface area contributed by atoms with Crippen molar-refractivity contribution in [3.8, 4) is 0 Å².